The summed E-state index contributed by atoms with van der Waals surface area (Å²) in [6.07, 6.45) is 1.30. The zero-order valence-corrected chi connectivity index (χ0v) is 11.7. The molecule has 0 amide bonds. The number of aryl methyl sites for hydroxylation is 1. The molecule has 1 rings (SSSR count). The molecule has 19 heavy (non-hydrogen) atoms. The molecule has 1 atom stereocenters. The molecule has 0 radical (unpaired) electrons. The van der Waals surface area contributed by atoms with E-state index in [0.29, 0.717) is 17.8 Å². The summed E-state index contributed by atoms with van der Waals surface area (Å²) < 4.78 is 6.42. The number of nitrogens with zero attached hydrogens (tertiary/aromatic N) is 3. The van der Waals surface area contributed by atoms with Crippen LogP contribution in [0.25, 0.3) is 0 Å². The number of ether oxygens (including phenoxy) is 1. The minimum absolute atomic E-state index is 0.0367. The van der Waals surface area contributed by atoms with E-state index in [1.54, 1.807) is 20.8 Å². The second-order valence-corrected chi connectivity index (χ2v) is 4.28. The molecule has 0 bridgehead atoms. The molecule has 0 saturated heterocycles. The van der Waals surface area contributed by atoms with Gasteiger partial charge >= 0.3 is 11.7 Å². The highest BCUT2D eigenvalue weighted by Gasteiger charge is 2.29. The van der Waals surface area contributed by atoms with Gasteiger partial charge in [0.25, 0.3) is 0 Å². The largest absolute Gasteiger partial charge is 0.464 e. The Morgan fingerprint density at radius 3 is 2.53 bits per heavy atom. The van der Waals surface area contributed by atoms with E-state index in [9.17, 15) is 14.9 Å². The van der Waals surface area contributed by atoms with Crippen LogP contribution in [0.3, 0.4) is 0 Å². The van der Waals surface area contributed by atoms with Gasteiger partial charge in [0.1, 0.15) is 17.4 Å². The first-order valence-corrected chi connectivity index (χ1v) is 6.30. The summed E-state index contributed by atoms with van der Waals surface area (Å²) in [5, 5.41) is 15.1. The Morgan fingerprint density at radius 1 is 1.47 bits per heavy atom. The molecule has 0 aliphatic heterocycles. The fourth-order valence-corrected chi connectivity index (χ4v) is 2.07. The van der Waals surface area contributed by atoms with Crippen LogP contribution < -0.4 is 0 Å². The fourth-order valence-electron chi connectivity index (χ4n) is 2.07. The van der Waals surface area contributed by atoms with Crippen molar-refractivity contribution in [1.82, 2.24) is 9.78 Å². The van der Waals surface area contributed by atoms with Crippen LogP contribution >= 0.6 is 0 Å². The number of carbonyl (C=O) groups excluding carboxylic acids is 1. The lowest BCUT2D eigenvalue weighted by Crippen LogP contribution is -2.24. The first-order valence-electron chi connectivity index (χ1n) is 6.30. The summed E-state index contributed by atoms with van der Waals surface area (Å²) in [6, 6.07) is -0.600. The van der Waals surface area contributed by atoms with Crippen molar-refractivity contribution in [3.63, 3.8) is 0 Å². The smallest absolute Gasteiger partial charge is 0.330 e. The number of rotatable bonds is 6. The molecule has 1 aromatic heterocycles. The van der Waals surface area contributed by atoms with Gasteiger partial charge < -0.3 is 4.74 Å². The highest BCUT2D eigenvalue weighted by Crippen LogP contribution is 2.27. The quantitative estimate of drug-likeness (QED) is 0.449. The first-order chi connectivity index (χ1) is 8.93. The van der Waals surface area contributed by atoms with Crippen molar-refractivity contribution in [2.45, 2.75) is 46.6 Å². The number of esters is 1. The molecule has 7 nitrogen and oxygen atoms in total. The minimum Gasteiger partial charge on any atom is -0.464 e. The van der Waals surface area contributed by atoms with Gasteiger partial charge in [-0.3, -0.25) is 10.1 Å². The van der Waals surface area contributed by atoms with Crippen molar-refractivity contribution in [2.75, 3.05) is 6.61 Å². The van der Waals surface area contributed by atoms with E-state index in [1.165, 1.54) is 4.68 Å². The second kappa shape index (κ2) is 6.31. The van der Waals surface area contributed by atoms with E-state index in [0.717, 1.165) is 6.42 Å². The van der Waals surface area contributed by atoms with Crippen LogP contribution in [0.4, 0.5) is 5.69 Å². The van der Waals surface area contributed by atoms with Crippen LogP contribution in [0.2, 0.25) is 0 Å². The molecule has 1 heterocycles. The summed E-state index contributed by atoms with van der Waals surface area (Å²) >= 11 is 0. The number of aromatic nitrogens is 2. The van der Waals surface area contributed by atoms with Crippen LogP contribution in [-0.4, -0.2) is 27.3 Å². The summed E-state index contributed by atoms with van der Waals surface area (Å²) in [5.41, 5.74) is 0.660. The van der Waals surface area contributed by atoms with Crippen molar-refractivity contribution >= 4 is 11.7 Å². The van der Waals surface area contributed by atoms with E-state index in [2.05, 4.69) is 5.10 Å². The Bertz CT molecular complexity index is 482. The standard InChI is InChI=1S/C12H19N3O4/c1-5-7-10(12(16)19-6-2)14-9(4)11(15(17)18)8(3)13-14/h10H,5-7H2,1-4H3. The summed E-state index contributed by atoms with van der Waals surface area (Å²) in [4.78, 5) is 22.4. The molecule has 0 aromatic carbocycles. The molecular weight excluding hydrogens is 250 g/mol. The van der Waals surface area contributed by atoms with Gasteiger partial charge in [-0.25, -0.2) is 9.48 Å². The Kier molecular flexibility index (Phi) is 5.02. The summed E-state index contributed by atoms with van der Waals surface area (Å²) in [7, 11) is 0. The lowest BCUT2D eigenvalue weighted by Gasteiger charge is -2.16. The van der Waals surface area contributed by atoms with Crippen LogP contribution in [0.15, 0.2) is 0 Å². The molecule has 1 unspecified atom stereocenters. The summed E-state index contributed by atoms with van der Waals surface area (Å²) in [5.74, 6) is -0.398. The Hall–Kier alpha value is -1.92. The molecule has 7 heteroatoms. The van der Waals surface area contributed by atoms with Crippen LogP contribution in [0.5, 0.6) is 0 Å². The van der Waals surface area contributed by atoms with Gasteiger partial charge in [0.2, 0.25) is 0 Å². The predicted octanol–water partition coefficient (Wildman–Crippen LogP) is 2.31. The SMILES string of the molecule is CCCC(C(=O)OCC)n1nc(C)c([N+](=O)[O-])c1C. The fraction of sp³-hybridized carbons (Fsp3) is 0.667. The molecule has 0 saturated carbocycles. The normalized spacial score (nSPS) is 12.2. The van der Waals surface area contributed by atoms with Crippen molar-refractivity contribution in [2.24, 2.45) is 0 Å². The maximum Gasteiger partial charge on any atom is 0.330 e. The third-order valence-corrected chi connectivity index (χ3v) is 2.89. The maximum atomic E-state index is 11.9. The zero-order valence-electron chi connectivity index (χ0n) is 11.7. The Labute approximate surface area is 111 Å². The zero-order chi connectivity index (χ0) is 14.6. The Morgan fingerprint density at radius 2 is 2.11 bits per heavy atom. The van der Waals surface area contributed by atoms with Crippen molar-refractivity contribution in [3.8, 4) is 0 Å². The molecule has 1 aromatic rings. The van der Waals surface area contributed by atoms with Gasteiger partial charge in [-0.05, 0) is 27.2 Å². The topological polar surface area (TPSA) is 87.3 Å². The molecule has 0 aliphatic carbocycles. The van der Waals surface area contributed by atoms with E-state index >= 15 is 0 Å². The van der Waals surface area contributed by atoms with Crippen LogP contribution in [-0.2, 0) is 9.53 Å². The minimum atomic E-state index is -0.600. The van der Waals surface area contributed by atoms with E-state index in [4.69, 9.17) is 4.74 Å². The monoisotopic (exact) mass is 269 g/mol. The number of nitro groups is 1. The number of carbonyl (C=O) groups is 1. The van der Waals surface area contributed by atoms with Gasteiger partial charge in [0.15, 0.2) is 0 Å². The van der Waals surface area contributed by atoms with Gasteiger partial charge in [0.05, 0.1) is 11.5 Å². The van der Waals surface area contributed by atoms with E-state index in [-0.39, 0.29) is 12.3 Å². The van der Waals surface area contributed by atoms with Crippen LogP contribution in [0, 0.1) is 24.0 Å². The highest BCUT2D eigenvalue weighted by atomic mass is 16.6. The van der Waals surface area contributed by atoms with Gasteiger partial charge in [-0.2, -0.15) is 5.10 Å². The van der Waals surface area contributed by atoms with Gasteiger partial charge in [-0.1, -0.05) is 13.3 Å². The molecule has 0 N–H and O–H groups in total. The first kappa shape index (κ1) is 15.1. The third kappa shape index (κ3) is 3.10. The third-order valence-electron chi connectivity index (χ3n) is 2.89. The molecule has 106 valence electrons. The van der Waals surface area contributed by atoms with Crippen molar-refractivity contribution in [3.05, 3.63) is 21.5 Å². The van der Waals surface area contributed by atoms with Crippen LogP contribution in [0.1, 0.15) is 44.1 Å². The second-order valence-electron chi connectivity index (χ2n) is 4.28. The van der Waals surface area contributed by atoms with Crippen molar-refractivity contribution < 1.29 is 14.5 Å². The highest BCUT2D eigenvalue weighted by molar-refractivity contribution is 5.74. The molecule has 0 fully saturated rings. The van der Waals surface area contributed by atoms with E-state index < -0.39 is 16.9 Å². The predicted molar refractivity (Wildman–Crippen MR) is 68.9 cm³/mol. The maximum absolute atomic E-state index is 11.9. The number of hydrogen-bond donors (Lipinski definition) is 0. The average molecular weight is 269 g/mol. The van der Waals surface area contributed by atoms with E-state index in [1.807, 2.05) is 6.92 Å². The van der Waals surface area contributed by atoms with Gasteiger partial charge in [0, 0.05) is 0 Å². The average Bonchev–Trinajstić information content (AvgIpc) is 2.61. The summed E-state index contributed by atoms with van der Waals surface area (Å²) in [6.45, 7) is 7.10. The van der Waals surface area contributed by atoms with Crippen molar-refractivity contribution in [1.29, 1.82) is 0 Å². The number of hydrogen-bond acceptors (Lipinski definition) is 5. The Balaban J connectivity index is 3.20. The molecular formula is C12H19N3O4. The molecule has 0 spiro atoms. The molecule has 0 aliphatic rings. The van der Waals surface area contributed by atoms with Gasteiger partial charge in [-0.15, -0.1) is 0 Å². The lowest BCUT2D eigenvalue weighted by atomic mass is 10.1. The lowest BCUT2D eigenvalue weighted by molar-refractivity contribution is -0.386.